The van der Waals surface area contributed by atoms with Crippen LogP contribution >= 0.6 is 0 Å². The summed E-state index contributed by atoms with van der Waals surface area (Å²) in [5.74, 6) is 0.333. The fourth-order valence-corrected chi connectivity index (χ4v) is 0. The predicted octanol–water partition coefficient (Wildman–Crippen LogP) is 1.19. The second kappa shape index (κ2) is 11.1. The molecule has 0 amide bonds. The second-order valence-electron chi connectivity index (χ2n) is 1.82. The van der Waals surface area contributed by atoms with E-state index < -0.39 is 0 Å². The maximum atomic E-state index is 9.44. The zero-order valence-corrected chi connectivity index (χ0v) is 12.0. The van der Waals surface area contributed by atoms with Crippen LogP contribution in [0.5, 0.6) is 0 Å². The molecule has 0 fully saturated rings. The number of carbonyl (C=O) groups excluding carboxylic acids is 2. The van der Waals surface area contributed by atoms with Crippen LogP contribution in [0.25, 0.3) is 0 Å². The molecule has 50 valence electrons. The molecule has 0 bridgehead atoms. The fraction of sp³-hybridized carbons (Fsp3) is 0.667. The molecule has 0 heterocycles. The Hall–Kier alpha value is 0.275. The third-order valence-corrected chi connectivity index (χ3v) is 0. The van der Waals surface area contributed by atoms with Gasteiger partial charge in [-0.3, -0.25) is 0 Å². The molecule has 3 heteroatoms. The van der Waals surface area contributed by atoms with Crippen LogP contribution in [0.15, 0.2) is 0 Å². The number of carbonyl (C=O) groups is 2. The average Bonchev–Trinajstić information content (AvgIpc) is 1.25. The number of hydrogen-bond donors (Lipinski definition) is 0. The third kappa shape index (κ3) is 4310. The minimum atomic E-state index is 0. The quantitative estimate of drug-likeness (QED) is 0.629. The molecule has 0 spiro atoms. The minimum absolute atomic E-state index is 0. The van der Waals surface area contributed by atoms with Crippen molar-refractivity contribution in [2.75, 3.05) is 0 Å². The zero-order chi connectivity index (χ0) is 7.15. The number of Topliss-reactive ketones (excluding diaryl/α,β-unsaturated/α-hetero) is 2. The first-order chi connectivity index (χ1) is 3.46. The first kappa shape index (κ1) is 16.1. The summed E-state index contributed by atoms with van der Waals surface area (Å²) in [7, 11) is 0. The molecule has 2 nitrogen and oxygen atoms in total. The van der Waals surface area contributed by atoms with E-state index in [0.29, 0.717) is 0 Å². The van der Waals surface area contributed by atoms with Gasteiger partial charge in [0.25, 0.3) is 0 Å². The molecule has 0 aromatic carbocycles. The Labute approximate surface area is 76.5 Å². The third-order valence-electron chi connectivity index (χ3n) is 0. The Morgan fingerprint density at radius 3 is 0.778 bits per heavy atom. The Balaban J connectivity index is -0.0000000720. The van der Waals surface area contributed by atoms with Gasteiger partial charge in [-0.25, -0.2) is 0 Å². The molecule has 0 aliphatic carbocycles. The van der Waals surface area contributed by atoms with E-state index in [9.17, 15) is 9.59 Å². The van der Waals surface area contributed by atoms with Crippen molar-refractivity contribution in [3.63, 3.8) is 0 Å². The van der Waals surface area contributed by atoms with Gasteiger partial charge in [0.1, 0.15) is 11.6 Å². The van der Waals surface area contributed by atoms with Gasteiger partial charge in [0.2, 0.25) is 0 Å². The molecule has 0 rings (SSSR count). The van der Waals surface area contributed by atoms with Crippen molar-refractivity contribution in [1.82, 2.24) is 0 Å². The molecule has 0 aromatic rings. The van der Waals surface area contributed by atoms with E-state index in [2.05, 4.69) is 0 Å². The van der Waals surface area contributed by atoms with Gasteiger partial charge in [-0.2, -0.15) is 0 Å². The number of ketones is 2. The smallest absolute Gasteiger partial charge is 0.126 e. The fourth-order valence-electron chi connectivity index (χ4n) is 0. The van der Waals surface area contributed by atoms with Gasteiger partial charge in [0.05, 0.1) is 0 Å². The Kier molecular flexibility index (Phi) is 19.9. The summed E-state index contributed by atoms with van der Waals surface area (Å²) in [5.41, 5.74) is 0. The van der Waals surface area contributed by atoms with Crippen LogP contribution in [0.2, 0.25) is 0 Å². The van der Waals surface area contributed by atoms with Gasteiger partial charge in [-0.15, -0.1) is 0 Å². The molecule has 0 saturated heterocycles. The summed E-state index contributed by atoms with van der Waals surface area (Å²) in [5, 5.41) is 0. The van der Waals surface area contributed by atoms with Gasteiger partial charge in [-0.1, -0.05) is 0 Å². The van der Waals surface area contributed by atoms with Gasteiger partial charge < -0.3 is 9.59 Å². The SMILES string of the molecule is CC(C)=O.CC(C)=O.[Hg]. The largest absolute Gasteiger partial charge is 0.300 e. The molecule has 0 aliphatic rings. The van der Waals surface area contributed by atoms with Crippen molar-refractivity contribution >= 4 is 11.6 Å². The van der Waals surface area contributed by atoms with Crippen LogP contribution in [0, 0.1) is 0 Å². The normalized spacial score (nSPS) is 5.78. The van der Waals surface area contributed by atoms with Crippen LogP contribution in [0.3, 0.4) is 0 Å². The van der Waals surface area contributed by atoms with Crippen LogP contribution < -0.4 is 0 Å². The first-order valence-corrected chi connectivity index (χ1v) is 2.41. The molecule has 0 aromatic heterocycles. The molecule has 0 radical (unpaired) electrons. The second-order valence-corrected chi connectivity index (χ2v) is 1.82. The van der Waals surface area contributed by atoms with Crippen molar-refractivity contribution in [1.29, 1.82) is 0 Å². The topological polar surface area (TPSA) is 34.1 Å². The van der Waals surface area contributed by atoms with Crippen molar-refractivity contribution in [3.8, 4) is 0 Å². The summed E-state index contributed by atoms with van der Waals surface area (Å²) in [6, 6.07) is 0. The average molecular weight is 317 g/mol. The van der Waals surface area contributed by atoms with E-state index in [-0.39, 0.29) is 39.2 Å². The summed E-state index contributed by atoms with van der Waals surface area (Å²) in [4.78, 5) is 18.9. The minimum Gasteiger partial charge on any atom is -0.300 e. The maximum absolute atomic E-state index is 9.44. The molecular weight excluding hydrogens is 305 g/mol. The summed E-state index contributed by atoms with van der Waals surface area (Å²) >= 11 is 0. The Morgan fingerprint density at radius 1 is 0.778 bits per heavy atom. The van der Waals surface area contributed by atoms with E-state index in [4.69, 9.17) is 0 Å². The van der Waals surface area contributed by atoms with E-state index in [1.807, 2.05) is 0 Å². The summed E-state index contributed by atoms with van der Waals surface area (Å²) < 4.78 is 0. The molecule has 0 aliphatic heterocycles. The zero-order valence-electron chi connectivity index (χ0n) is 6.52. The van der Waals surface area contributed by atoms with Crippen LogP contribution in [-0.2, 0) is 37.3 Å². The molecule has 0 atom stereocenters. The molecule has 0 unspecified atom stereocenters. The van der Waals surface area contributed by atoms with E-state index in [1.165, 1.54) is 27.7 Å². The predicted molar refractivity (Wildman–Crippen MR) is 32.7 cm³/mol. The van der Waals surface area contributed by atoms with E-state index >= 15 is 0 Å². The molecule has 9 heavy (non-hydrogen) atoms. The Morgan fingerprint density at radius 2 is 0.778 bits per heavy atom. The summed E-state index contributed by atoms with van der Waals surface area (Å²) in [6.45, 7) is 6.11. The van der Waals surface area contributed by atoms with Crippen molar-refractivity contribution in [2.45, 2.75) is 27.7 Å². The first-order valence-electron chi connectivity index (χ1n) is 2.41. The van der Waals surface area contributed by atoms with Crippen molar-refractivity contribution < 1.29 is 37.3 Å². The maximum Gasteiger partial charge on any atom is 0.126 e. The standard InChI is InChI=1S/2C3H6O.Hg/c2*1-3(2)4;/h2*1-2H3;. The van der Waals surface area contributed by atoms with Crippen LogP contribution in [0.1, 0.15) is 27.7 Å². The number of rotatable bonds is 0. The van der Waals surface area contributed by atoms with Gasteiger partial charge >= 0.3 is 0 Å². The number of hydrogen-bond acceptors (Lipinski definition) is 2. The Bertz CT molecular complexity index is 69.1. The van der Waals surface area contributed by atoms with Gasteiger partial charge in [0, 0.05) is 27.7 Å². The van der Waals surface area contributed by atoms with Crippen molar-refractivity contribution in [3.05, 3.63) is 0 Å². The van der Waals surface area contributed by atoms with Crippen LogP contribution in [0.4, 0.5) is 0 Å². The summed E-state index contributed by atoms with van der Waals surface area (Å²) in [6.07, 6.45) is 0. The van der Waals surface area contributed by atoms with Gasteiger partial charge in [-0.05, 0) is 27.7 Å². The van der Waals surface area contributed by atoms with Crippen LogP contribution in [-0.4, -0.2) is 11.6 Å². The van der Waals surface area contributed by atoms with Gasteiger partial charge in [0.15, 0.2) is 0 Å². The molecule has 0 saturated carbocycles. The monoisotopic (exact) mass is 318 g/mol. The molecule has 0 N–H and O–H groups in total. The molecular formula is C6H12HgO2. The van der Waals surface area contributed by atoms with Crippen molar-refractivity contribution in [2.24, 2.45) is 0 Å². The van der Waals surface area contributed by atoms with E-state index in [1.54, 1.807) is 0 Å². The van der Waals surface area contributed by atoms with E-state index in [0.717, 1.165) is 0 Å².